The molecule has 0 atom stereocenters. The Labute approximate surface area is 150 Å². The summed E-state index contributed by atoms with van der Waals surface area (Å²) in [5.74, 6) is 1.50. The second-order valence-corrected chi connectivity index (χ2v) is 6.09. The second-order valence-electron chi connectivity index (χ2n) is 6.09. The summed E-state index contributed by atoms with van der Waals surface area (Å²) >= 11 is 0. The molecule has 1 saturated heterocycles. The van der Waals surface area contributed by atoms with Crippen molar-refractivity contribution in [2.75, 3.05) is 31.2 Å². The number of morpholine rings is 1. The Morgan fingerprint density at radius 1 is 0.923 bits per heavy atom. The van der Waals surface area contributed by atoms with Crippen molar-refractivity contribution in [1.82, 2.24) is 0 Å². The number of benzene rings is 2. The lowest BCUT2D eigenvalue weighted by Crippen LogP contribution is -2.36. The number of hydrogen-bond donors (Lipinski definition) is 0. The fraction of sp³-hybridized carbons (Fsp3) is 0.200. The van der Waals surface area contributed by atoms with Gasteiger partial charge in [-0.05, 0) is 12.1 Å². The van der Waals surface area contributed by atoms with E-state index in [0.717, 1.165) is 35.7 Å². The van der Waals surface area contributed by atoms with Crippen LogP contribution in [0.15, 0.2) is 65.1 Å². The summed E-state index contributed by atoms with van der Waals surface area (Å²) in [5.41, 5.74) is 2.90. The van der Waals surface area contributed by atoms with Crippen molar-refractivity contribution in [1.29, 1.82) is 0 Å². The molecule has 1 aromatic heterocycles. The van der Waals surface area contributed by atoms with E-state index in [2.05, 4.69) is 4.90 Å². The van der Waals surface area contributed by atoms with Crippen LogP contribution < -0.4 is 4.90 Å². The van der Waals surface area contributed by atoms with E-state index in [9.17, 15) is 10.1 Å². The number of ether oxygens (including phenoxy) is 1. The fourth-order valence-corrected chi connectivity index (χ4v) is 3.11. The van der Waals surface area contributed by atoms with Gasteiger partial charge in [-0.2, -0.15) is 0 Å². The standard InChI is InChI=1S/C20H18N2O4/c23-22(24)17-8-6-15(7-9-17)19-14-18(21-10-12-25-13-11-21)20(26-19)16-4-2-1-3-5-16/h1-9,14H,10-13H2. The molecule has 132 valence electrons. The van der Waals surface area contributed by atoms with Crippen LogP contribution in [0.5, 0.6) is 0 Å². The maximum Gasteiger partial charge on any atom is 0.269 e. The number of nitro benzene ring substituents is 1. The molecule has 0 unspecified atom stereocenters. The lowest BCUT2D eigenvalue weighted by atomic mass is 10.1. The Balaban J connectivity index is 1.76. The van der Waals surface area contributed by atoms with Crippen molar-refractivity contribution < 1.29 is 14.1 Å². The topological polar surface area (TPSA) is 68.8 Å². The number of rotatable bonds is 4. The van der Waals surface area contributed by atoms with Crippen molar-refractivity contribution in [3.63, 3.8) is 0 Å². The van der Waals surface area contributed by atoms with E-state index < -0.39 is 4.92 Å². The van der Waals surface area contributed by atoms with Crippen molar-refractivity contribution in [2.45, 2.75) is 0 Å². The smallest absolute Gasteiger partial charge is 0.269 e. The molecule has 1 aliphatic heterocycles. The molecular weight excluding hydrogens is 332 g/mol. The van der Waals surface area contributed by atoms with Gasteiger partial charge in [-0.1, -0.05) is 30.3 Å². The first-order valence-corrected chi connectivity index (χ1v) is 8.49. The maximum atomic E-state index is 10.9. The lowest BCUT2D eigenvalue weighted by molar-refractivity contribution is -0.384. The van der Waals surface area contributed by atoms with Gasteiger partial charge < -0.3 is 14.1 Å². The molecule has 4 rings (SSSR count). The highest BCUT2D eigenvalue weighted by Gasteiger charge is 2.21. The van der Waals surface area contributed by atoms with E-state index in [1.165, 1.54) is 12.1 Å². The minimum absolute atomic E-state index is 0.0667. The minimum Gasteiger partial charge on any atom is -0.454 e. The molecule has 6 heteroatoms. The van der Waals surface area contributed by atoms with Crippen LogP contribution in [0, 0.1) is 10.1 Å². The van der Waals surface area contributed by atoms with Gasteiger partial charge in [-0.15, -0.1) is 0 Å². The summed E-state index contributed by atoms with van der Waals surface area (Å²) in [6, 6.07) is 18.4. The van der Waals surface area contributed by atoms with Gasteiger partial charge in [0.1, 0.15) is 5.76 Å². The van der Waals surface area contributed by atoms with Crippen molar-refractivity contribution in [3.05, 3.63) is 70.8 Å². The largest absolute Gasteiger partial charge is 0.454 e. The Bertz CT molecular complexity index is 897. The Kier molecular flexibility index (Phi) is 4.41. The lowest BCUT2D eigenvalue weighted by Gasteiger charge is -2.28. The SMILES string of the molecule is O=[N+]([O-])c1ccc(-c2cc(N3CCOCC3)c(-c3ccccc3)o2)cc1. The van der Waals surface area contributed by atoms with Gasteiger partial charge in [-0.3, -0.25) is 10.1 Å². The van der Waals surface area contributed by atoms with Gasteiger partial charge in [-0.25, -0.2) is 0 Å². The molecule has 0 radical (unpaired) electrons. The molecule has 1 aliphatic rings. The third-order valence-corrected chi connectivity index (χ3v) is 4.46. The normalized spacial score (nSPS) is 14.4. The Hall–Kier alpha value is -3.12. The fourth-order valence-electron chi connectivity index (χ4n) is 3.11. The number of nitrogens with zero attached hydrogens (tertiary/aromatic N) is 2. The third kappa shape index (κ3) is 3.19. The van der Waals surface area contributed by atoms with Gasteiger partial charge in [0.15, 0.2) is 5.76 Å². The first kappa shape index (κ1) is 16.4. The molecule has 1 fully saturated rings. The predicted octanol–water partition coefficient (Wildman–Crippen LogP) is 4.36. The summed E-state index contributed by atoms with van der Waals surface area (Å²) in [4.78, 5) is 12.7. The quantitative estimate of drug-likeness (QED) is 0.516. The van der Waals surface area contributed by atoms with Crippen LogP contribution in [0.2, 0.25) is 0 Å². The van der Waals surface area contributed by atoms with Gasteiger partial charge in [0.05, 0.1) is 23.8 Å². The molecule has 6 nitrogen and oxygen atoms in total. The average Bonchev–Trinajstić information content (AvgIpc) is 3.15. The van der Waals surface area contributed by atoms with Gasteiger partial charge >= 0.3 is 0 Å². The number of anilines is 1. The van der Waals surface area contributed by atoms with E-state index in [4.69, 9.17) is 9.15 Å². The number of nitro groups is 1. The van der Waals surface area contributed by atoms with Crippen LogP contribution in [0.1, 0.15) is 0 Å². The molecule has 26 heavy (non-hydrogen) atoms. The zero-order valence-electron chi connectivity index (χ0n) is 14.1. The summed E-state index contributed by atoms with van der Waals surface area (Å²) in [6.45, 7) is 2.98. The van der Waals surface area contributed by atoms with Crippen LogP contribution in [-0.4, -0.2) is 31.2 Å². The molecule has 0 bridgehead atoms. The zero-order valence-corrected chi connectivity index (χ0v) is 14.1. The monoisotopic (exact) mass is 350 g/mol. The summed E-state index contributed by atoms with van der Waals surface area (Å²) in [5, 5.41) is 10.9. The van der Waals surface area contributed by atoms with Crippen molar-refractivity contribution in [3.8, 4) is 22.6 Å². The van der Waals surface area contributed by atoms with E-state index in [1.54, 1.807) is 12.1 Å². The molecule has 2 heterocycles. The van der Waals surface area contributed by atoms with Crippen LogP contribution in [0.4, 0.5) is 11.4 Å². The second kappa shape index (κ2) is 7.01. The third-order valence-electron chi connectivity index (χ3n) is 4.46. The molecule has 2 aromatic carbocycles. The van der Waals surface area contributed by atoms with Gasteiger partial charge in [0, 0.05) is 42.4 Å². The predicted molar refractivity (Wildman–Crippen MR) is 99.3 cm³/mol. The highest BCUT2D eigenvalue weighted by atomic mass is 16.6. The van der Waals surface area contributed by atoms with E-state index in [-0.39, 0.29) is 5.69 Å². The van der Waals surface area contributed by atoms with Crippen LogP contribution in [0.25, 0.3) is 22.6 Å². The van der Waals surface area contributed by atoms with Crippen molar-refractivity contribution >= 4 is 11.4 Å². The number of furan rings is 1. The molecule has 0 saturated carbocycles. The molecule has 0 N–H and O–H groups in total. The van der Waals surface area contributed by atoms with Crippen LogP contribution >= 0.6 is 0 Å². The van der Waals surface area contributed by atoms with Crippen LogP contribution in [0.3, 0.4) is 0 Å². The zero-order chi connectivity index (χ0) is 17.9. The maximum absolute atomic E-state index is 10.9. The van der Waals surface area contributed by atoms with Gasteiger partial charge in [0.2, 0.25) is 0 Å². The first-order chi connectivity index (χ1) is 12.7. The highest BCUT2D eigenvalue weighted by Crippen LogP contribution is 2.39. The van der Waals surface area contributed by atoms with Crippen LogP contribution in [-0.2, 0) is 4.74 Å². The average molecular weight is 350 g/mol. The van der Waals surface area contributed by atoms with E-state index >= 15 is 0 Å². The van der Waals surface area contributed by atoms with E-state index in [1.807, 2.05) is 36.4 Å². The molecular formula is C20H18N2O4. The van der Waals surface area contributed by atoms with Gasteiger partial charge in [0.25, 0.3) is 5.69 Å². The minimum atomic E-state index is -0.402. The van der Waals surface area contributed by atoms with Crippen molar-refractivity contribution in [2.24, 2.45) is 0 Å². The van der Waals surface area contributed by atoms with E-state index in [0.29, 0.717) is 19.0 Å². The Morgan fingerprint density at radius 2 is 1.62 bits per heavy atom. The summed E-state index contributed by atoms with van der Waals surface area (Å²) < 4.78 is 11.6. The summed E-state index contributed by atoms with van der Waals surface area (Å²) in [6.07, 6.45) is 0. The summed E-state index contributed by atoms with van der Waals surface area (Å²) in [7, 11) is 0. The molecule has 3 aromatic rings. The molecule has 0 amide bonds. The molecule has 0 spiro atoms. The number of hydrogen-bond acceptors (Lipinski definition) is 5. The Morgan fingerprint density at radius 3 is 2.27 bits per heavy atom. The number of non-ortho nitro benzene ring substituents is 1. The highest BCUT2D eigenvalue weighted by molar-refractivity contribution is 5.79. The molecule has 0 aliphatic carbocycles. The first-order valence-electron chi connectivity index (χ1n) is 8.49.